The van der Waals surface area contributed by atoms with E-state index in [-0.39, 0.29) is 11.7 Å². The molecule has 0 fully saturated rings. The summed E-state index contributed by atoms with van der Waals surface area (Å²) in [5, 5.41) is 15.2. The van der Waals surface area contributed by atoms with Gasteiger partial charge in [-0.2, -0.15) is 0 Å². The minimum atomic E-state index is -0.149. The van der Waals surface area contributed by atoms with E-state index in [0.29, 0.717) is 25.9 Å². The van der Waals surface area contributed by atoms with E-state index in [0.717, 1.165) is 5.69 Å². The molecule has 0 bridgehead atoms. The summed E-state index contributed by atoms with van der Waals surface area (Å²) in [4.78, 5) is 12.1. The van der Waals surface area contributed by atoms with Crippen LogP contribution in [0.15, 0.2) is 52.9 Å². The van der Waals surface area contributed by atoms with Crippen LogP contribution in [0.4, 0.5) is 16.5 Å². The van der Waals surface area contributed by atoms with Crippen LogP contribution >= 0.6 is 34.7 Å². The molecule has 0 saturated heterocycles. The van der Waals surface area contributed by atoms with Crippen molar-refractivity contribution in [3.05, 3.63) is 53.6 Å². The summed E-state index contributed by atoms with van der Waals surface area (Å²) in [7, 11) is 1.54. The average Bonchev–Trinajstić information content (AvgIpc) is 3.08. The van der Waals surface area contributed by atoms with Crippen LogP contribution in [0.1, 0.15) is 0 Å². The van der Waals surface area contributed by atoms with Gasteiger partial charge in [-0.3, -0.25) is 4.79 Å². The minimum Gasteiger partial charge on any atom is -0.495 e. The molecular weight excluding hydrogens is 392 g/mol. The number of anilines is 3. The van der Waals surface area contributed by atoms with Gasteiger partial charge in [0.25, 0.3) is 0 Å². The van der Waals surface area contributed by atoms with Gasteiger partial charge in [-0.1, -0.05) is 52.9 Å². The lowest BCUT2D eigenvalue weighted by Gasteiger charge is -2.07. The Morgan fingerprint density at radius 2 is 2.00 bits per heavy atom. The van der Waals surface area contributed by atoms with Gasteiger partial charge in [0.15, 0.2) is 4.34 Å². The summed E-state index contributed by atoms with van der Waals surface area (Å²) >= 11 is 8.77. The highest BCUT2D eigenvalue weighted by molar-refractivity contribution is 8.01. The Hall–Kier alpha value is -2.29. The number of thioether (sulfide) groups is 1. The lowest BCUT2D eigenvalue weighted by molar-refractivity contribution is -0.113. The highest BCUT2D eigenvalue weighted by Crippen LogP contribution is 2.29. The molecular formula is C17H15ClN4O2S2. The SMILES string of the molecule is COc1ccc(NC(=O)CSc2nnc(Nc3ccccc3)s2)cc1Cl. The molecule has 1 aromatic heterocycles. The van der Waals surface area contributed by atoms with E-state index in [1.807, 2.05) is 30.3 Å². The third-order valence-corrected chi connectivity index (χ3v) is 5.46. The maximum absolute atomic E-state index is 12.1. The molecule has 0 radical (unpaired) electrons. The second-order valence-corrected chi connectivity index (χ2v) is 7.66. The smallest absolute Gasteiger partial charge is 0.234 e. The van der Waals surface area contributed by atoms with Crippen molar-refractivity contribution in [2.45, 2.75) is 4.34 Å². The third-order valence-electron chi connectivity index (χ3n) is 3.19. The van der Waals surface area contributed by atoms with E-state index in [1.165, 1.54) is 23.1 Å². The quantitative estimate of drug-likeness (QED) is 0.555. The molecule has 26 heavy (non-hydrogen) atoms. The lowest BCUT2D eigenvalue weighted by Crippen LogP contribution is -2.13. The lowest BCUT2D eigenvalue weighted by atomic mass is 10.3. The van der Waals surface area contributed by atoms with Crippen molar-refractivity contribution < 1.29 is 9.53 Å². The van der Waals surface area contributed by atoms with Gasteiger partial charge >= 0.3 is 0 Å². The number of para-hydroxylation sites is 1. The molecule has 3 rings (SSSR count). The van der Waals surface area contributed by atoms with E-state index >= 15 is 0 Å². The monoisotopic (exact) mass is 406 g/mol. The Kier molecular flexibility index (Phi) is 6.32. The number of benzene rings is 2. The highest BCUT2D eigenvalue weighted by atomic mass is 35.5. The van der Waals surface area contributed by atoms with Crippen molar-refractivity contribution >= 4 is 57.1 Å². The minimum absolute atomic E-state index is 0.149. The molecule has 0 saturated carbocycles. The van der Waals surface area contributed by atoms with Crippen LogP contribution in [-0.2, 0) is 4.79 Å². The Labute approximate surface area is 163 Å². The molecule has 3 aromatic rings. The Morgan fingerprint density at radius 3 is 2.73 bits per heavy atom. The van der Waals surface area contributed by atoms with Crippen molar-refractivity contribution in [1.29, 1.82) is 0 Å². The van der Waals surface area contributed by atoms with Crippen molar-refractivity contribution in [3.63, 3.8) is 0 Å². The topological polar surface area (TPSA) is 76.1 Å². The van der Waals surface area contributed by atoms with E-state index in [1.54, 1.807) is 25.3 Å². The number of nitrogens with one attached hydrogen (secondary N) is 2. The molecule has 1 heterocycles. The molecule has 9 heteroatoms. The van der Waals surface area contributed by atoms with Crippen molar-refractivity contribution in [3.8, 4) is 5.75 Å². The summed E-state index contributed by atoms with van der Waals surface area (Å²) in [5.41, 5.74) is 1.56. The third kappa shape index (κ3) is 5.10. The summed E-state index contributed by atoms with van der Waals surface area (Å²) in [6, 6.07) is 14.8. The van der Waals surface area contributed by atoms with Crippen LogP contribution < -0.4 is 15.4 Å². The number of ether oxygens (including phenoxy) is 1. The van der Waals surface area contributed by atoms with Gasteiger partial charge in [0.2, 0.25) is 11.0 Å². The van der Waals surface area contributed by atoms with Crippen LogP contribution in [0, 0.1) is 0 Å². The number of nitrogens with zero attached hydrogens (tertiary/aromatic N) is 2. The van der Waals surface area contributed by atoms with Gasteiger partial charge < -0.3 is 15.4 Å². The summed E-state index contributed by atoms with van der Waals surface area (Å²) < 4.78 is 5.80. The standard InChI is InChI=1S/C17H15ClN4O2S2/c1-24-14-8-7-12(9-13(14)18)19-15(23)10-25-17-22-21-16(26-17)20-11-5-3-2-4-6-11/h2-9H,10H2,1H3,(H,19,23)(H,20,21). The normalized spacial score (nSPS) is 10.4. The first-order valence-electron chi connectivity index (χ1n) is 7.56. The van der Waals surface area contributed by atoms with E-state index in [9.17, 15) is 4.79 Å². The van der Waals surface area contributed by atoms with Crippen LogP contribution in [0.2, 0.25) is 5.02 Å². The van der Waals surface area contributed by atoms with Gasteiger partial charge in [-0.25, -0.2) is 0 Å². The van der Waals surface area contributed by atoms with Gasteiger partial charge in [0, 0.05) is 11.4 Å². The molecule has 0 atom stereocenters. The molecule has 134 valence electrons. The molecule has 6 nitrogen and oxygen atoms in total. The molecule has 0 aliphatic heterocycles. The maximum atomic E-state index is 12.1. The molecule has 0 spiro atoms. The van der Waals surface area contributed by atoms with E-state index < -0.39 is 0 Å². The molecule has 2 N–H and O–H groups in total. The maximum Gasteiger partial charge on any atom is 0.234 e. The van der Waals surface area contributed by atoms with E-state index in [2.05, 4.69) is 20.8 Å². The van der Waals surface area contributed by atoms with Gasteiger partial charge in [-0.15, -0.1) is 10.2 Å². The van der Waals surface area contributed by atoms with Gasteiger partial charge in [0.05, 0.1) is 17.9 Å². The molecule has 2 aromatic carbocycles. The fraction of sp³-hybridized carbons (Fsp3) is 0.118. The predicted molar refractivity (Wildman–Crippen MR) is 107 cm³/mol. The van der Waals surface area contributed by atoms with Crippen molar-refractivity contribution in [2.75, 3.05) is 23.5 Å². The Balaban J connectivity index is 1.51. The number of amides is 1. The fourth-order valence-electron chi connectivity index (χ4n) is 2.03. The zero-order valence-corrected chi connectivity index (χ0v) is 16.1. The number of halogens is 1. The number of carbonyl (C=O) groups excluding carboxylic acids is 1. The van der Waals surface area contributed by atoms with E-state index in [4.69, 9.17) is 16.3 Å². The molecule has 0 aliphatic carbocycles. The fourth-order valence-corrected chi connectivity index (χ4v) is 3.86. The first-order valence-corrected chi connectivity index (χ1v) is 9.74. The summed E-state index contributed by atoms with van der Waals surface area (Å²) in [5.74, 6) is 0.638. The van der Waals surface area contributed by atoms with Crippen molar-refractivity contribution in [2.24, 2.45) is 0 Å². The summed E-state index contributed by atoms with van der Waals surface area (Å²) in [6.45, 7) is 0. The first kappa shape index (κ1) is 18.5. The van der Waals surface area contributed by atoms with Crippen LogP contribution in [-0.4, -0.2) is 29.0 Å². The molecule has 0 aliphatic rings. The molecule has 1 amide bonds. The first-order chi connectivity index (χ1) is 12.6. The molecule has 0 unspecified atom stereocenters. The van der Waals surface area contributed by atoms with Crippen molar-refractivity contribution in [1.82, 2.24) is 10.2 Å². The Morgan fingerprint density at radius 1 is 1.19 bits per heavy atom. The average molecular weight is 407 g/mol. The second-order valence-electron chi connectivity index (χ2n) is 5.05. The number of hydrogen-bond donors (Lipinski definition) is 2. The highest BCUT2D eigenvalue weighted by Gasteiger charge is 2.10. The Bertz CT molecular complexity index is 889. The number of carbonyl (C=O) groups is 1. The zero-order valence-electron chi connectivity index (χ0n) is 13.7. The van der Waals surface area contributed by atoms with Crippen LogP contribution in [0.25, 0.3) is 0 Å². The number of methoxy groups -OCH3 is 1. The number of aromatic nitrogens is 2. The summed E-state index contributed by atoms with van der Waals surface area (Å²) in [6.07, 6.45) is 0. The predicted octanol–water partition coefficient (Wildman–Crippen LogP) is 4.67. The zero-order chi connectivity index (χ0) is 18.4. The largest absolute Gasteiger partial charge is 0.495 e. The van der Waals surface area contributed by atoms with Gasteiger partial charge in [0.1, 0.15) is 5.75 Å². The number of rotatable bonds is 7. The number of hydrogen-bond acceptors (Lipinski definition) is 7. The van der Waals surface area contributed by atoms with Gasteiger partial charge in [-0.05, 0) is 30.3 Å². The second kappa shape index (κ2) is 8.88. The van der Waals surface area contributed by atoms with Crippen LogP contribution in [0.3, 0.4) is 0 Å². The van der Waals surface area contributed by atoms with Crippen LogP contribution in [0.5, 0.6) is 5.75 Å².